The minimum Gasteiger partial charge on any atom is -0.496 e. The summed E-state index contributed by atoms with van der Waals surface area (Å²) in [7, 11) is 3.03. The molecule has 8 heteroatoms. The van der Waals surface area contributed by atoms with Gasteiger partial charge in [-0.25, -0.2) is 4.79 Å². The van der Waals surface area contributed by atoms with Crippen LogP contribution in [0.5, 0.6) is 23.0 Å². The molecular weight excluding hydrogens is 366 g/mol. The van der Waals surface area contributed by atoms with E-state index in [-0.39, 0.29) is 12.1 Å². The van der Waals surface area contributed by atoms with Crippen LogP contribution in [0.1, 0.15) is 15.9 Å². The molecule has 148 valence electrons. The van der Waals surface area contributed by atoms with Crippen molar-refractivity contribution in [3.8, 4) is 23.0 Å². The molecule has 0 aromatic heterocycles. The van der Waals surface area contributed by atoms with Gasteiger partial charge in [-0.15, -0.1) is 0 Å². The van der Waals surface area contributed by atoms with Gasteiger partial charge in [-0.05, 0) is 18.2 Å². The van der Waals surface area contributed by atoms with Crippen LogP contribution in [0.3, 0.4) is 0 Å². The molecule has 0 atom stereocenters. The topological polar surface area (TPSA) is 92.3 Å². The van der Waals surface area contributed by atoms with Crippen molar-refractivity contribution in [2.24, 2.45) is 0 Å². The third-order valence-electron chi connectivity index (χ3n) is 4.07. The van der Waals surface area contributed by atoms with E-state index in [0.717, 1.165) is 5.56 Å². The number of benzene rings is 2. The van der Waals surface area contributed by atoms with Crippen molar-refractivity contribution < 1.29 is 33.3 Å². The van der Waals surface area contributed by atoms with E-state index in [1.807, 2.05) is 18.2 Å². The quantitative estimate of drug-likeness (QED) is 0.726. The molecule has 0 saturated heterocycles. The first kappa shape index (κ1) is 19.3. The summed E-state index contributed by atoms with van der Waals surface area (Å²) in [5, 5.41) is 2.69. The number of amides is 1. The standard InChI is InChI=1S/C20H21NO7/c1-24-15-6-4-3-5-13(15)11-21-18(22)12-28-20(23)14-9-16(25-2)19-17(10-14)26-7-8-27-19/h3-6,9-10H,7-8,11-12H2,1-2H3,(H,21,22). The molecule has 28 heavy (non-hydrogen) atoms. The van der Waals surface area contributed by atoms with Gasteiger partial charge in [0.15, 0.2) is 18.1 Å². The van der Waals surface area contributed by atoms with Crippen LogP contribution >= 0.6 is 0 Å². The van der Waals surface area contributed by atoms with Crippen molar-refractivity contribution in [1.82, 2.24) is 5.32 Å². The molecule has 1 aliphatic rings. The average Bonchev–Trinajstić information content (AvgIpc) is 2.75. The smallest absolute Gasteiger partial charge is 0.338 e. The van der Waals surface area contributed by atoms with Crippen LogP contribution in [0.2, 0.25) is 0 Å². The summed E-state index contributed by atoms with van der Waals surface area (Å²) in [6.07, 6.45) is 0. The maximum absolute atomic E-state index is 12.3. The summed E-state index contributed by atoms with van der Waals surface area (Å²) >= 11 is 0. The summed E-state index contributed by atoms with van der Waals surface area (Å²) in [6.45, 7) is 0.627. The van der Waals surface area contributed by atoms with Gasteiger partial charge in [-0.3, -0.25) is 4.79 Å². The Balaban J connectivity index is 1.57. The molecule has 0 bridgehead atoms. The lowest BCUT2D eigenvalue weighted by Gasteiger charge is -2.21. The van der Waals surface area contributed by atoms with E-state index in [0.29, 0.717) is 36.2 Å². The molecular formula is C20H21NO7. The second-order valence-corrected chi connectivity index (χ2v) is 5.87. The molecule has 3 rings (SSSR count). The molecule has 1 N–H and O–H groups in total. The minimum atomic E-state index is -0.664. The van der Waals surface area contributed by atoms with Crippen LogP contribution in [0.25, 0.3) is 0 Å². The number of carbonyl (C=O) groups excluding carboxylic acids is 2. The zero-order chi connectivity index (χ0) is 19.9. The number of ether oxygens (including phenoxy) is 5. The van der Waals surface area contributed by atoms with Gasteiger partial charge in [0, 0.05) is 12.1 Å². The van der Waals surface area contributed by atoms with Crippen molar-refractivity contribution in [2.45, 2.75) is 6.54 Å². The molecule has 0 spiro atoms. The number of nitrogens with one attached hydrogen (secondary N) is 1. The van der Waals surface area contributed by atoms with Crippen molar-refractivity contribution >= 4 is 11.9 Å². The number of hydrogen-bond acceptors (Lipinski definition) is 7. The predicted octanol–water partition coefficient (Wildman–Crippen LogP) is 1.95. The van der Waals surface area contributed by atoms with Gasteiger partial charge in [0.1, 0.15) is 19.0 Å². The number of rotatable bonds is 7. The second-order valence-electron chi connectivity index (χ2n) is 5.87. The molecule has 0 unspecified atom stereocenters. The lowest BCUT2D eigenvalue weighted by molar-refractivity contribution is -0.124. The fourth-order valence-electron chi connectivity index (χ4n) is 2.70. The van der Waals surface area contributed by atoms with Gasteiger partial charge >= 0.3 is 5.97 Å². The summed E-state index contributed by atoms with van der Waals surface area (Å²) in [4.78, 5) is 24.3. The Hall–Kier alpha value is -3.42. The van der Waals surface area contributed by atoms with Gasteiger partial charge < -0.3 is 29.0 Å². The molecule has 1 aliphatic heterocycles. The Labute approximate surface area is 162 Å². The Morgan fingerprint density at radius 3 is 2.57 bits per heavy atom. The summed E-state index contributed by atoms with van der Waals surface area (Å²) in [6, 6.07) is 10.3. The number of hydrogen-bond donors (Lipinski definition) is 1. The molecule has 8 nitrogen and oxygen atoms in total. The highest BCUT2D eigenvalue weighted by atomic mass is 16.6. The lowest BCUT2D eigenvalue weighted by atomic mass is 10.1. The zero-order valence-corrected chi connectivity index (χ0v) is 15.7. The summed E-state index contributed by atoms with van der Waals surface area (Å²) < 4.78 is 26.5. The molecule has 0 saturated carbocycles. The second kappa shape index (κ2) is 8.98. The first-order chi connectivity index (χ1) is 13.6. The van der Waals surface area contributed by atoms with Crippen molar-refractivity contribution in [1.29, 1.82) is 0 Å². The molecule has 1 heterocycles. The van der Waals surface area contributed by atoms with Gasteiger partial charge in [0.25, 0.3) is 5.91 Å². The lowest BCUT2D eigenvalue weighted by Crippen LogP contribution is -2.28. The number of para-hydroxylation sites is 1. The zero-order valence-electron chi connectivity index (χ0n) is 15.7. The first-order valence-corrected chi connectivity index (χ1v) is 8.65. The van der Waals surface area contributed by atoms with Crippen LogP contribution in [-0.2, 0) is 16.1 Å². The van der Waals surface area contributed by atoms with Crippen LogP contribution in [-0.4, -0.2) is 45.9 Å². The third-order valence-corrected chi connectivity index (χ3v) is 4.07. The Kier molecular flexibility index (Phi) is 6.21. The van der Waals surface area contributed by atoms with Crippen molar-refractivity contribution in [2.75, 3.05) is 34.0 Å². The van der Waals surface area contributed by atoms with Gasteiger partial charge in [0.2, 0.25) is 5.75 Å². The highest BCUT2D eigenvalue weighted by Crippen LogP contribution is 2.40. The van der Waals surface area contributed by atoms with Crippen LogP contribution in [0, 0.1) is 0 Å². The average molecular weight is 387 g/mol. The summed E-state index contributed by atoms with van der Waals surface area (Å²) in [5.41, 5.74) is 1.03. The maximum atomic E-state index is 12.3. The van der Waals surface area contributed by atoms with E-state index in [1.54, 1.807) is 13.2 Å². The fourth-order valence-corrected chi connectivity index (χ4v) is 2.70. The Morgan fingerprint density at radius 2 is 1.79 bits per heavy atom. The number of esters is 1. The molecule has 0 fully saturated rings. The van der Waals surface area contributed by atoms with Gasteiger partial charge in [0.05, 0.1) is 19.8 Å². The van der Waals surface area contributed by atoms with E-state index in [4.69, 9.17) is 23.7 Å². The van der Waals surface area contributed by atoms with E-state index in [9.17, 15) is 9.59 Å². The molecule has 0 radical (unpaired) electrons. The van der Waals surface area contributed by atoms with Crippen LogP contribution in [0.4, 0.5) is 0 Å². The van der Waals surface area contributed by atoms with Crippen molar-refractivity contribution in [3.05, 3.63) is 47.5 Å². The largest absolute Gasteiger partial charge is 0.496 e. The van der Waals surface area contributed by atoms with E-state index < -0.39 is 18.5 Å². The molecule has 0 aliphatic carbocycles. The highest BCUT2D eigenvalue weighted by molar-refractivity contribution is 5.92. The molecule has 1 amide bonds. The van der Waals surface area contributed by atoms with Crippen LogP contribution < -0.4 is 24.3 Å². The first-order valence-electron chi connectivity index (χ1n) is 8.65. The van der Waals surface area contributed by atoms with Gasteiger partial charge in [-0.2, -0.15) is 0 Å². The van der Waals surface area contributed by atoms with E-state index in [1.165, 1.54) is 19.2 Å². The molecule has 2 aromatic carbocycles. The minimum absolute atomic E-state index is 0.207. The Morgan fingerprint density at radius 1 is 1.04 bits per heavy atom. The normalized spacial score (nSPS) is 12.1. The monoisotopic (exact) mass is 387 g/mol. The highest BCUT2D eigenvalue weighted by Gasteiger charge is 2.22. The maximum Gasteiger partial charge on any atom is 0.338 e. The Bertz CT molecular complexity index is 848. The van der Waals surface area contributed by atoms with E-state index in [2.05, 4.69) is 5.32 Å². The summed E-state index contributed by atoms with van der Waals surface area (Å²) in [5.74, 6) is 0.789. The third kappa shape index (κ3) is 4.46. The van der Waals surface area contributed by atoms with E-state index >= 15 is 0 Å². The SMILES string of the molecule is COc1ccccc1CNC(=O)COC(=O)c1cc(OC)c2c(c1)OCCO2. The van der Waals surface area contributed by atoms with Crippen molar-refractivity contribution in [3.63, 3.8) is 0 Å². The number of carbonyl (C=O) groups is 2. The predicted molar refractivity (Wildman–Crippen MR) is 99.1 cm³/mol. The molecule has 2 aromatic rings. The fraction of sp³-hybridized carbons (Fsp3) is 0.300. The number of methoxy groups -OCH3 is 2. The van der Waals surface area contributed by atoms with Gasteiger partial charge in [-0.1, -0.05) is 18.2 Å². The van der Waals surface area contributed by atoms with Crippen LogP contribution in [0.15, 0.2) is 36.4 Å². The number of fused-ring (bicyclic) bond motifs is 1.